The molecule has 0 radical (unpaired) electrons. The fourth-order valence-corrected chi connectivity index (χ4v) is 3.26. The van der Waals surface area contributed by atoms with E-state index < -0.39 is 5.82 Å². The highest BCUT2D eigenvalue weighted by molar-refractivity contribution is 8.00. The molecule has 1 aromatic heterocycles. The molecule has 1 N–H and O–H groups in total. The minimum atomic E-state index is -0.488. The molecule has 2 aromatic carbocycles. The van der Waals surface area contributed by atoms with E-state index in [0.717, 1.165) is 33.8 Å². The highest BCUT2D eigenvalue weighted by Crippen LogP contribution is 2.26. The number of nitriles is 1. The molecule has 0 aliphatic heterocycles. The fourth-order valence-electron chi connectivity index (χ4n) is 2.50. The predicted molar refractivity (Wildman–Crippen MR) is 102 cm³/mol. The monoisotopic (exact) mass is 365 g/mol. The van der Waals surface area contributed by atoms with Crippen LogP contribution in [0.3, 0.4) is 0 Å². The van der Waals surface area contributed by atoms with E-state index in [1.807, 2.05) is 26.0 Å². The number of carbonyl (C=O) groups is 1. The summed E-state index contributed by atoms with van der Waals surface area (Å²) in [6, 6.07) is 13.9. The van der Waals surface area contributed by atoms with Crippen molar-refractivity contribution in [2.75, 3.05) is 11.1 Å². The van der Waals surface area contributed by atoms with Crippen LogP contribution in [0.25, 0.3) is 10.9 Å². The van der Waals surface area contributed by atoms with Gasteiger partial charge in [0.25, 0.3) is 0 Å². The lowest BCUT2D eigenvalue weighted by molar-refractivity contribution is -0.113. The minimum absolute atomic E-state index is 0.0341. The van der Waals surface area contributed by atoms with Gasteiger partial charge in [-0.25, -0.2) is 9.37 Å². The first kappa shape index (κ1) is 17.9. The first-order chi connectivity index (χ1) is 12.5. The third-order valence-corrected chi connectivity index (χ3v) is 4.99. The second kappa shape index (κ2) is 7.54. The number of fused-ring (bicyclic) bond motifs is 1. The first-order valence-electron chi connectivity index (χ1n) is 7.97. The van der Waals surface area contributed by atoms with E-state index >= 15 is 0 Å². The molecule has 0 saturated carbocycles. The zero-order valence-electron chi connectivity index (χ0n) is 14.3. The zero-order valence-corrected chi connectivity index (χ0v) is 15.2. The van der Waals surface area contributed by atoms with Crippen LogP contribution in [0.5, 0.6) is 0 Å². The van der Waals surface area contributed by atoms with Crippen molar-refractivity contribution in [1.82, 2.24) is 4.98 Å². The Hall–Kier alpha value is -2.91. The topological polar surface area (TPSA) is 65.8 Å². The van der Waals surface area contributed by atoms with Crippen LogP contribution in [0, 0.1) is 31.0 Å². The summed E-state index contributed by atoms with van der Waals surface area (Å²) in [6.07, 6.45) is 0. The minimum Gasteiger partial charge on any atom is -0.323 e. The van der Waals surface area contributed by atoms with Gasteiger partial charge in [0.1, 0.15) is 16.9 Å². The molecule has 0 spiro atoms. The van der Waals surface area contributed by atoms with Crippen LogP contribution in [-0.2, 0) is 4.79 Å². The smallest absolute Gasteiger partial charge is 0.234 e. The Morgan fingerprint density at radius 2 is 1.96 bits per heavy atom. The summed E-state index contributed by atoms with van der Waals surface area (Å²) in [4.78, 5) is 16.6. The molecule has 26 heavy (non-hydrogen) atoms. The molecule has 0 bridgehead atoms. The van der Waals surface area contributed by atoms with Crippen molar-refractivity contribution in [3.05, 3.63) is 65.0 Å². The highest BCUT2D eigenvalue weighted by Gasteiger charge is 2.12. The largest absolute Gasteiger partial charge is 0.323 e. The average molecular weight is 365 g/mol. The van der Waals surface area contributed by atoms with Gasteiger partial charge >= 0.3 is 0 Å². The molecule has 0 fully saturated rings. The summed E-state index contributed by atoms with van der Waals surface area (Å²) in [5.41, 5.74) is 3.58. The summed E-state index contributed by atoms with van der Waals surface area (Å²) in [5, 5.41) is 13.3. The van der Waals surface area contributed by atoms with Crippen molar-refractivity contribution in [3.63, 3.8) is 0 Å². The number of rotatable bonds is 4. The molecule has 130 valence electrons. The fraction of sp³-hybridized carbons (Fsp3) is 0.150. The standard InChI is InChI=1S/C20H16FN3OS/c1-12-7-14-9-15(10-22)20(24-18(14)8-13(12)2)26-11-19(25)23-17-6-4-3-5-16(17)21/h3-9H,11H2,1-2H3,(H,23,25). The molecule has 1 heterocycles. The Morgan fingerprint density at radius 3 is 2.69 bits per heavy atom. The van der Waals surface area contributed by atoms with Crippen LogP contribution in [0.4, 0.5) is 10.1 Å². The second-order valence-electron chi connectivity index (χ2n) is 5.90. The highest BCUT2D eigenvalue weighted by atomic mass is 32.2. The van der Waals surface area contributed by atoms with Gasteiger partial charge < -0.3 is 5.32 Å². The van der Waals surface area contributed by atoms with Crippen LogP contribution < -0.4 is 5.32 Å². The number of amides is 1. The normalized spacial score (nSPS) is 10.5. The maximum Gasteiger partial charge on any atom is 0.234 e. The Morgan fingerprint density at radius 1 is 1.23 bits per heavy atom. The van der Waals surface area contributed by atoms with Crippen LogP contribution >= 0.6 is 11.8 Å². The van der Waals surface area contributed by atoms with E-state index in [9.17, 15) is 14.4 Å². The predicted octanol–water partition coefficient (Wildman–Crippen LogP) is 4.59. The Labute approximate surface area is 155 Å². The van der Waals surface area contributed by atoms with Gasteiger partial charge in [0.05, 0.1) is 22.5 Å². The molecule has 0 unspecified atom stereocenters. The maximum atomic E-state index is 13.6. The molecule has 0 atom stereocenters. The SMILES string of the molecule is Cc1cc2cc(C#N)c(SCC(=O)Nc3ccccc3F)nc2cc1C. The van der Waals surface area contributed by atoms with Crippen LogP contribution in [0.1, 0.15) is 16.7 Å². The van der Waals surface area contributed by atoms with E-state index in [2.05, 4.69) is 16.4 Å². The van der Waals surface area contributed by atoms with E-state index in [1.165, 1.54) is 12.1 Å². The number of benzene rings is 2. The third kappa shape index (κ3) is 3.84. The van der Waals surface area contributed by atoms with Gasteiger partial charge in [-0.15, -0.1) is 0 Å². The molecular formula is C20H16FN3OS. The molecule has 0 aliphatic carbocycles. The number of halogens is 1. The van der Waals surface area contributed by atoms with Gasteiger partial charge in [-0.3, -0.25) is 4.79 Å². The average Bonchev–Trinajstić information content (AvgIpc) is 2.62. The Balaban J connectivity index is 1.80. The summed E-state index contributed by atoms with van der Waals surface area (Å²) >= 11 is 1.16. The van der Waals surface area contributed by atoms with Crippen LogP contribution in [0.2, 0.25) is 0 Å². The molecule has 4 nitrogen and oxygen atoms in total. The van der Waals surface area contributed by atoms with Crippen molar-refractivity contribution in [3.8, 4) is 6.07 Å². The number of nitrogens with zero attached hydrogens (tertiary/aromatic N) is 2. The quantitative estimate of drug-likeness (QED) is 0.687. The lowest BCUT2D eigenvalue weighted by atomic mass is 10.1. The molecule has 6 heteroatoms. The van der Waals surface area contributed by atoms with Crippen molar-refractivity contribution < 1.29 is 9.18 Å². The zero-order chi connectivity index (χ0) is 18.7. The molecular weight excluding hydrogens is 349 g/mol. The summed E-state index contributed by atoms with van der Waals surface area (Å²) in [6.45, 7) is 4.01. The number of nitrogens with one attached hydrogen (secondary N) is 1. The maximum absolute atomic E-state index is 13.6. The number of para-hydroxylation sites is 1. The lowest BCUT2D eigenvalue weighted by Gasteiger charge is -2.09. The number of thioether (sulfide) groups is 1. The summed E-state index contributed by atoms with van der Waals surface area (Å²) in [7, 11) is 0. The first-order valence-corrected chi connectivity index (χ1v) is 8.96. The van der Waals surface area contributed by atoms with Gasteiger partial charge in [0.15, 0.2) is 0 Å². The number of hydrogen-bond donors (Lipinski definition) is 1. The van der Waals surface area contributed by atoms with Crippen LogP contribution in [0.15, 0.2) is 47.5 Å². The van der Waals surface area contributed by atoms with E-state index in [1.54, 1.807) is 18.2 Å². The molecule has 1 amide bonds. The van der Waals surface area contributed by atoms with Gasteiger partial charge in [-0.2, -0.15) is 5.26 Å². The lowest BCUT2D eigenvalue weighted by Crippen LogP contribution is -2.15. The van der Waals surface area contributed by atoms with Crippen molar-refractivity contribution in [2.45, 2.75) is 18.9 Å². The van der Waals surface area contributed by atoms with Gasteiger partial charge in [0, 0.05) is 5.39 Å². The summed E-state index contributed by atoms with van der Waals surface area (Å²) < 4.78 is 13.6. The van der Waals surface area contributed by atoms with Crippen molar-refractivity contribution in [2.24, 2.45) is 0 Å². The second-order valence-corrected chi connectivity index (χ2v) is 6.86. The Bertz CT molecular complexity index is 1040. The molecule has 0 aliphatic rings. The number of carbonyl (C=O) groups excluding carboxylic acids is 1. The number of hydrogen-bond acceptors (Lipinski definition) is 4. The molecule has 3 rings (SSSR count). The summed E-state index contributed by atoms with van der Waals surface area (Å²) in [5.74, 6) is -0.809. The van der Waals surface area contributed by atoms with Gasteiger partial charge in [-0.05, 0) is 55.3 Å². The molecule has 0 saturated heterocycles. The van der Waals surface area contributed by atoms with Crippen molar-refractivity contribution in [1.29, 1.82) is 5.26 Å². The number of anilines is 1. The Kier molecular flexibility index (Phi) is 5.19. The molecule has 3 aromatic rings. The van der Waals surface area contributed by atoms with E-state index in [0.29, 0.717) is 10.6 Å². The number of aromatic nitrogens is 1. The third-order valence-electron chi connectivity index (χ3n) is 4.00. The van der Waals surface area contributed by atoms with Crippen molar-refractivity contribution >= 4 is 34.3 Å². The van der Waals surface area contributed by atoms with E-state index in [-0.39, 0.29) is 17.3 Å². The van der Waals surface area contributed by atoms with E-state index in [4.69, 9.17) is 0 Å². The number of aryl methyl sites for hydroxylation is 2. The van der Waals surface area contributed by atoms with Gasteiger partial charge in [-0.1, -0.05) is 23.9 Å². The van der Waals surface area contributed by atoms with Gasteiger partial charge in [0.2, 0.25) is 5.91 Å². The van der Waals surface area contributed by atoms with Crippen LogP contribution in [-0.4, -0.2) is 16.6 Å². The number of pyridine rings is 1.